The molecule has 1 amide bonds. The van der Waals surface area contributed by atoms with E-state index in [-0.39, 0.29) is 12.8 Å². The zero-order valence-electron chi connectivity index (χ0n) is 21.1. The molecule has 0 saturated heterocycles. The number of benzene rings is 2. The lowest BCUT2D eigenvalue weighted by atomic mass is 9.91. The Hall–Kier alpha value is -3.39. The van der Waals surface area contributed by atoms with Crippen molar-refractivity contribution < 1.29 is 48.2 Å². The summed E-state index contributed by atoms with van der Waals surface area (Å²) in [5.74, 6) is 2.85. The largest absolute Gasteiger partial charge is 0.524 e. The lowest BCUT2D eigenvalue weighted by molar-refractivity contribution is -0.145. The SMILES string of the molecule is CC1(C)Oc2ccc(CC(C)(NNC(=O)C(C)(Cc3ccc(OP(=O)(O)O)c(O)c3)NN)C(=O)O)cc2O1. The number of hydrogen-bond acceptors (Lipinski definition) is 10. The van der Waals surface area contributed by atoms with Crippen molar-refractivity contribution in [1.29, 1.82) is 0 Å². The number of rotatable bonds is 11. The van der Waals surface area contributed by atoms with Crippen molar-refractivity contribution in [2.75, 3.05) is 0 Å². The predicted octanol–water partition coefficient (Wildman–Crippen LogP) is 0.842. The number of fused-ring (bicyclic) bond motifs is 1. The summed E-state index contributed by atoms with van der Waals surface area (Å²) in [5, 5.41) is 20.0. The van der Waals surface area contributed by atoms with Crippen LogP contribution in [-0.2, 0) is 27.0 Å². The highest BCUT2D eigenvalue weighted by molar-refractivity contribution is 7.46. The number of amides is 1. The number of carbonyl (C=O) groups excluding carboxylic acids is 1. The number of phenolic OH excluding ortho intramolecular Hbond substituents is 1. The van der Waals surface area contributed by atoms with Crippen LogP contribution in [0, 0.1) is 0 Å². The molecule has 208 valence electrons. The van der Waals surface area contributed by atoms with Gasteiger partial charge in [0.1, 0.15) is 11.1 Å². The molecule has 9 N–H and O–H groups in total. The molecule has 3 rings (SSSR count). The first kappa shape index (κ1) is 29.2. The average Bonchev–Trinajstić information content (AvgIpc) is 3.11. The quantitative estimate of drug-likeness (QED) is 0.110. The Kier molecular flexibility index (Phi) is 7.99. The third-order valence-corrected chi connectivity index (χ3v) is 6.25. The standard InChI is InChI=1S/C23H31N4O10P/c1-21(2)35-17-8-6-14(10-18(17)36-21)12-23(4,20(30)31)27-25-19(29)22(3,26-24)11-13-5-7-16(15(28)9-13)37-38(32,33)34/h5-10,26-28H,11-12,24H2,1-4H3,(H,25,29)(H,30,31)(H2,32,33,34). The minimum Gasteiger partial charge on any atom is -0.504 e. The number of carbonyl (C=O) groups is 2. The van der Waals surface area contributed by atoms with Gasteiger partial charge in [-0.15, -0.1) is 0 Å². The van der Waals surface area contributed by atoms with Crippen LogP contribution in [0.2, 0.25) is 0 Å². The number of ether oxygens (including phenoxy) is 2. The topological polar surface area (TPSA) is 222 Å². The zero-order valence-corrected chi connectivity index (χ0v) is 22.0. The third-order valence-electron chi connectivity index (χ3n) is 5.82. The molecule has 0 radical (unpaired) electrons. The summed E-state index contributed by atoms with van der Waals surface area (Å²) in [5.41, 5.74) is 5.22. The second kappa shape index (κ2) is 10.4. The highest BCUT2D eigenvalue weighted by atomic mass is 31.2. The minimum atomic E-state index is -4.89. The van der Waals surface area contributed by atoms with E-state index in [1.807, 2.05) is 0 Å². The molecule has 0 aromatic heterocycles. The van der Waals surface area contributed by atoms with E-state index in [0.29, 0.717) is 22.6 Å². The number of carboxylic acid groups (broad SMARTS) is 1. The van der Waals surface area contributed by atoms with E-state index in [4.69, 9.17) is 25.1 Å². The monoisotopic (exact) mass is 554 g/mol. The molecule has 1 aliphatic heterocycles. The van der Waals surface area contributed by atoms with Gasteiger partial charge in [0.25, 0.3) is 5.91 Å². The Morgan fingerprint density at radius 2 is 1.61 bits per heavy atom. The molecule has 38 heavy (non-hydrogen) atoms. The molecule has 2 aromatic rings. The normalized spacial score (nSPS) is 17.2. The molecule has 0 bridgehead atoms. The number of aromatic hydroxyl groups is 1. The fourth-order valence-electron chi connectivity index (χ4n) is 3.77. The maximum Gasteiger partial charge on any atom is 0.524 e. The number of nitrogens with one attached hydrogen (secondary N) is 3. The molecule has 2 aromatic carbocycles. The van der Waals surface area contributed by atoms with Gasteiger partial charge in [0.05, 0.1) is 0 Å². The van der Waals surface area contributed by atoms with E-state index in [1.54, 1.807) is 32.0 Å². The summed E-state index contributed by atoms with van der Waals surface area (Å²) in [4.78, 5) is 43.0. The third kappa shape index (κ3) is 6.92. The van der Waals surface area contributed by atoms with Crippen molar-refractivity contribution in [2.24, 2.45) is 5.84 Å². The minimum absolute atomic E-state index is 0.0264. The first-order chi connectivity index (χ1) is 17.5. The Morgan fingerprint density at radius 1 is 1.03 bits per heavy atom. The van der Waals surface area contributed by atoms with Gasteiger partial charge >= 0.3 is 13.8 Å². The van der Waals surface area contributed by atoms with Crippen LogP contribution in [0.15, 0.2) is 36.4 Å². The van der Waals surface area contributed by atoms with Gasteiger partial charge in [-0.2, -0.15) is 0 Å². The summed E-state index contributed by atoms with van der Waals surface area (Å²) >= 11 is 0. The van der Waals surface area contributed by atoms with E-state index in [9.17, 15) is 24.4 Å². The predicted molar refractivity (Wildman–Crippen MR) is 133 cm³/mol. The Bertz CT molecular complexity index is 1280. The van der Waals surface area contributed by atoms with E-state index in [0.717, 1.165) is 12.1 Å². The number of phosphoric acid groups is 1. The lowest BCUT2D eigenvalue weighted by Crippen LogP contribution is -2.66. The van der Waals surface area contributed by atoms with Crippen LogP contribution >= 0.6 is 7.82 Å². The van der Waals surface area contributed by atoms with Crippen LogP contribution in [0.5, 0.6) is 23.0 Å². The van der Waals surface area contributed by atoms with Crippen molar-refractivity contribution in [2.45, 2.75) is 57.4 Å². The highest BCUT2D eigenvalue weighted by Crippen LogP contribution is 2.42. The van der Waals surface area contributed by atoms with Crippen molar-refractivity contribution in [3.63, 3.8) is 0 Å². The molecule has 1 aliphatic rings. The van der Waals surface area contributed by atoms with E-state index in [2.05, 4.69) is 20.8 Å². The summed E-state index contributed by atoms with van der Waals surface area (Å²) in [6.07, 6.45) is -0.121. The fourth-order valence-corrected chi connectivity index (χ4v) is 4.19. The van der Waals surface area contributed by atoms with E-state index >= 15 is 0 Å². The van der Waals surface area contributed by atoms with Gasteiger partial charge in [-0.1, -0.05) is 12.1 Å². The van der Waals surface area contributed by atoms with E-state index < -0.39 is 48.1 Å². The molecule has 2 unspecified atom stereocenters. The van der Waals surface area contributed by atoms with Gasteiger partial charge < -0.3 is 24.2 Å². The van der Waals surface area contributed by atoms with Crippen LogP contribution in [0.1, 0.15) is 38.8 Å². The molecule has 0 fully saturated rings. The number of nitrogens with two attached hydrogens (primary N) is 1. The van der Waals surface area contributed by atoms with Gasteiger partial charge in [0.2, 0.25) is 5.79 Å². The molecule has 0 aliphatic carbocycles. The molecular weight excluding hydrogens is 523 g/mol. The molecule has 1 heterocycles. The van der Waals surface area contributed by atoms with Crippen LogP contribution in [-0.4, -0.2) is 48.7 Å². The second-order valence-electron chi connectivity index (χ2n) is 9.82. The van der Waals surface area contributed by atoms with Crippen molar-refractivity contribution in [3.05, 3.63) is 47.5 Å². The van der Waals surface area contributed by atoms with Crippen molar-refractivity contribution in [1.82, 2.24) is 16.3 Å². The first-order valence-electron chi connectivity index (χ1n) is 11.3. The summed E-state index contributed by atoms with van der Waals surface area (Å²) in [6, 6.07) is 8.72. The summed E-state index contributed by atoms with van der Waals surface area (Å²) in [7, 11) is -4.89. The Balaban J connectivity index is 1.71. The number of hydrogen-bond donors (Lipinski definition) is 8. The lowest BCUT2D eigenvalue weighted by Gasteiger charge is -2.32. The van der Waals surface area contributed by atoms with Gasteiger partial charge in [-0.3, -0.25) is 30.6 Å². The van der Waals surface area contributed by atoms with Crippen LogP contribution in [0.25, 0.3) is 0 Å². The van der Waals surface area contributed by atoms with Gasteiger partial charge in [0.15, 0.2) is 23.0 Å². The number of carboxylic acids is 1. The van der Waals surface area contributed by atoms with Crippen molar-refractivity contribution in [3.8, 4) is 23.0 Å². The van der Waals surface area contributed by atoms with Crippen LogP contribution < -0.4 is 36.1 Å². The first-order valence-corrected chi connectivity index (χ1v) is 12.9. The number of aliphatic carboxylic acids is 1. The van der Waals surface area contributed by atoms with Gasteiger partial charge in [-0.05, 0) is 49.2 Å². The van der Waals surface area contributed by atoms with E-state index in [1.165, 1.54) is 19.9 Å². The fraction of sp³-hybridized carbons (Fsp3) is 0.391. The van der Waals surface area contributed by atoms with Gasteiger partial charge in [0, 0.05) is 26.7 Å². The zero-order chi connectivity index (χ0) is 28.5. The maximum atomic E-state index is 13.1. The molecule has 14 nitrogen and oxygen atoms in total. The number of phosphoric ester groups is 1. The smallest absolute Gasteiger partial charge is 0.504 e. The van der Waals surface area contributed by atoms with Gasteiger partial charge in [-0.25, -0.2) is 15.4 Å². The number of hydrazine groups is 2. The number of phenols is 1. The highest BCUT2D eigenvalue weighted by Gasteiger charge is 2.39. The second-order valence-corrected chi connectivity index (χ2v) is 11.0. The average molecular weight is 554 g/mol. The van der Waals surface area contributed by atoms with Crippen LogP contribution in [0.4, 0.5) is 0 Å². The molecule has 2 atom stereocenters. The Morgan fingerprint density at radius 3 is 2.18 bits per heavy atom. The Labute approximate surface area is 218 Å². The molecule has 0 spiro atoms. The molecule has 15 heteroatoms. The summed E-state index contributed by atoms with van der Waals surface area (Å²) in [6.45, 7) is 6.34. The maximum absolute atomic E-state index is 13.1. The van der Waals surface area contributed by atoms with Crippen LogP contribution in [0.3, 0.4) is 0 Å². The summed E-state index contributed by atoms with van der Waals surface area (Å²) < 4.78 is 26.8. The molecule has 0 saturated carbocycles. The molecular formula is C23H31N4O10P. The van der Waals surface area contributed by atoms with Crippen molar-refractivity contribution >= 4 is 19.7 Å².